The first-order chi connectivity index (χ1) is 12.6. The molecule has 0 heterocycles. The Morgan fingerprint density at radius 1 is 0.452 bits per heavy atom. The first-order valence-corrected chi connectivity index (χ1v) is 6.54. The molecule has 0 saturated carbocycles. The average molecular weight is 614 g/mol. The molecule has 0 aromatic heterocycles. The number of hydrogen-bond acceptors (Lipinski definition) is 10. The molecule has 0 aliphatic carbocycles. The van der Waals surface area contributed by atoms with Gasteiger partial charge in [-0.1, -0.05) is 0 Å². The van der Waals surface area contributed by atoms with Crippen LogP contribution >= 0.6 is 0 Å². The van der Waals surface area contributed by atoms with E-state index in [1.165, 1.54) is 0 Å². The van der Waals surface area contributed by atoms with Gasteiger partial charge in [0.25, 0.3) is 0 Å². The van der Waals surface area contributed by atoms with Gasteiger partial charge in [-0.05, 0) is 0 Å². The van der Waals surface area contributed by atoms with E-state index in [1.54, 1.807) is 0 Å². The minimum absolute atomic E-state index is 0. The molecule has 0 saturated heterocycles. The van der Waals surface area contributed by atoms with Crippen molar-refractivity contribution in [2.24, 2.45) is 0 Å². The van der Waals surface area contributed by atoms with Gasteiger partial charge in [0.15, 0.2) is 11.2 Å². The van der Waals surface area contributed by atoms with Crippen molar-refractivity contribution in [3.05, 3.63) is 0 Å². The van der Waals surface area contributed by atoms with Gasteiger partial charge in [0, 0.05) is 58.4 Å². The summed E-state index contributed by atoms with van der Waals surface area (Å²) in [4.78, 5) is 61.0. The second-order valence-electron chi connectivity index (χ2n) is 4.96. The Kier molecular flexibility index (Phi) is 28.6. The van der Waals surface area contributed by atoms with E-state index in [0.29, 0.717) is 0 Å². The third kappa shape index (κ3) is 21.5. The standard InChI is InChI=1S/2C6H8O7.H2O2.3Zn/c2*7-3(8)1-6(13,5(11)12)2-4(9)10;1-2;;;/h2*13H,1-2H2,(H,7,8)(H,9,10)(H,11,12);1-2H;;;. The van der Waals surface area contributed by atoms with Crippen molar-refractivity contribution in [1.29, 1.82) is 0 Å². The summed E-state index contributed by atoms with van der Waals surface area (Å²) in [7, 11) is 0. The number of carboxylic acids is 6. The molecule has 0 atom stereocenters. The number of carboxylic acid groups (broad SMARTS) is 6. The molecule has 31 heavy (non-hydrogen) atoms. The van der Waals surface area contributed by atoms with Gasteiger partial charge >= 0.3 is 35.8 Å². The van der Waals surface area contributed by atoms with Crippen molar-refractivity contribution in [3.8, 4) is 0 Å². The Labute approximate surface area is 210 Å². The molecular weight excluding hydrogens is 596 g/mol. The van der Waals surface area contributed by atoms with Crippen LogP contribution in [0.25, 0.3) is 0 Å². The largest absolute Gasteiger partial charge is 0.481 e. The Morgan fingerprint density at radius 2 is 0.581 bits per heavy atom. The fourth-order valence-electron chi connectivity index (χ4n) is 1.43. The Morgan fingerprint density at radius 3 is 0.645 bits per heavy atom. The zero-order valence-electron chi connectivity index (χ0n) is 15.9. The second kappa shape index (κ2) is 20.4. The summed E-state index contributed by atoms with van der Waals surface area (Å²) in [6, 6.07) is 0. The molecule has 0 aromatic carbocycles. The van der Waals surface area contributed by atoms with Crippen LogP contribution in [-0.2, 0) is 87.2 Å². The summed E-state index contributed by atoms with van der Waals surface area (Å²) in [5.41, 5.74) is -5.48. The van der Waals surface area contributed by atoms with Crippen molar-refractivity contribution < 1.29 is 139 Å². The van der Waals surface area contributed by atoms with Crippen molar-refractivity contribution >= 4 is 35.8 Å². The molecule has 0 aliphatic heterocycles. The summed E-state index contributed by atoms with van der Waals surface area (Å²) in [6.07, 6.45) is -4.58. The second-order valence-corrected chi connectivity index (χ2v) is 4.96. The van der Waals surface area contributed by atoms with E-state index in [9.17, 15) is 28.8 Å². The number of aliphatic carboxylic acids is 6. The van der Waals surface area contributed by atoms with Crippen LogP contribution in [0.5, 0.6) is 0 Å². The minimum atomic E-state index is -2.74. The molecular formula is C12H18O16Zn3. The molecule has 16 nitrogen and oxygen atoms in total. The van der Waals surface area contributed by atoms with Crippen LogP contribution in [0.2, 0.25) is 0 Å². The Hall–Kier alpha value is -1.47. The molecule has 0 bridgehead atoms. The topological polar surface area (TPSA) is 305 Å². The summed E-state index contributed by atoms with van der Waals surface area (Å²) in [5.74, 6) is -10.0. The van der Waals surface area contributed by atoms with Gasteiger partial charge in [-0.2, -0.15) is 0 Å². The van der Waals surface area contributed by atoms with E-state index in [-0.39, 0.29) is 58.4 Å². The van der Waals surface area contributed by atoms with E-state index in [2.05, 4.69) is 0 Å². The van der Waals surface area contributed by atoms with Crippen LogP contribution in [0, 0.1) is 0 Å². The van der Waals surface area contributed by atoms with E-state index >= 15 is 0 Å². The molecule has 0 aromatic rings. The van der Waals surface area contributed by atoms with E-state index < -0.39 is 72.7 Å². The molecule has 0 radical (unpaired) electrons. The monoisotopic (exact) mass is 610 g/mol. The molecule has 0 rings (SSSR count). The van der Waals surface area contributed by atoms with Gasteiger partial charge in [0.2, 0.25) is 0 Å². The van der Waals surface area contributed by atoms with Crippen LogP contribution in [0.4, 0.5) is 0 Å². The molecule has 19 heteroatoms. The molecule has 0 spiro atoms. The van der Waals surface area contributed by atoms with Gasteiger partial charge < -0.3 is 40.9 Å². The maximum absolute atomic E-state index is 10.3. The first-order valence-electron chi connectivity index (χ1n) is 6.54. The number of aliphatic hydroxyl groups is 2. The molecule has 0 aliphatic rings. The van der Waals surface area contributed by atoms with Gasteiger partial charge in [0.05, 0.1) is 25.7 Å². The minimum Gasteiger partial charge on any atom is -0.481 e. The molecule has 0 amide bonds. The molecule has 10 N–H and O–H groups in total. The van der Waals surface area contributed by atoms with Crippen molar-refractivity contribution in [2.75, 3.05) is 0 Å². The van der Waals surface area contributed by atoms with Crippen LogP contribution < -0.4 is 0 Å². The average Bonchev–Trinajstić information content (AvgIpc) is 2.46. The smallest absolute Gasteiger partial charge is 0.336 e. The summed E-state index contributed by atoms with van der Waals surface area (Å²) >= 11 is 0. The van der Waals surface area contributed by atoms with Crippen LogP contribution in [0.15, 0.2) is 0 Å². The Balaban J connectivity index is -0.0000000855. The number of carbonyl (C=O) groups is 6. The fourth-order valence-corrected chi connectivity index (χ4v) is 1.43. The van der Waals surface area contributed by atoms with E-state index in [1.807, 2.05) is 0 Å². The van der Waals surface area contributed by atoms with Crippen molar-refractivity contribution in [3.63, 3.8) is 0 Å². The predicted molar refractivity (Wildman–Crippen MR) is 79.4 cm³/mol. The van der Waals surface area contributed by atoms with Gasteiger partial charge in [0.1, 0.15) is 0 Å². The number of rotatable bonds is 10. The van der Waals surface area contributed by atoms with E-state index in [0.717, 1.165) is 0 Å². The predicted octanol–water partition coefficient (Wildman–Crippen LogP) is -2.49. The van der Waals surface area contributed by atoms with E-state index in [4.69, 9.17) is 51.4 Å². The number of hydrogen-bond donors (Lipinski definition) is 10. The third-order valence-corrected chi connectivity index (χ3v) is 2.57. The summed E-state index contributed by atoms with van der Waals surface area (Å²) in [6.45, 7) is 0. The SMILES string of the molecule is O=C(O)CC(O)(CC(=O)O)C(=O)O.O=C(O)CC(O)(CC(=O)O)C(=O)O.OO.[Zn].[Zn].[Zn]. The third-order valence-electron chi connectivity index (χ3n) is 2.57. The fraction of sp³-hybridized carbons (Fsp3) is 0.500. The first kappa shape index (κ1) is 43.4. The summed E-state index contributed by atoms with van der Waals surface area (Å²) < 4.78 is 0. The van der Waals surface area contributed by atoms with Gasteiger partial charge in [-0.3, -0.25) is 29.7 Å². The zero-order valence-corrected chi connectivity index (χ0v) is 24.8. The summed E-state index contributed by atoms with van der Waals surface area (Å²) in [5, 5.41) is 79.6. The molecule has 0 unspecified atom stereocenters. The van der Waals surface area contributed by atoms with Crippen molar-refractivity contribution in [1.82, 2.24) is 0 Å². The van der Waals surface area contributed by atoms with Gasteiger partial charge in [-0.25, -0.2) is 9.59 Å². The Bertz CT molecular complexity index is 523. The van der Waals surface area contributed by atoms with Crippen LogP contribution in [0.1, 0.15) is 25.7 Å². The normalized spacial score (nSPS) is 9.29. The molecule has 0 fully saturated rings. The van der Waals surface area contributed by atoms with Crippen LogP contribution in [-0.4, -0.2) is 98.4 Å². The van der Waals surface area contributed by atoms with Gasteiger partial charge in [-0.15, -0.1) is 0 Å². The molecule has 168 valence electrons. The van der Waals surface area contributed by atoms with Crippen LogP contribution in [0.3, 0.4) is 0 Å². The maximum atomic E-state index is 10.3. The maximum Gasteiger partial charge on any atom is 0.336 e. The quantitative estimate of drug-likeness (QED) is 0.0691. The zero-order chi connectivity index (χ0) is 23.3. The van der Waals surface area contributed by atoms with Crippen molar-refractivity contribution in [2.45, 2.75) is 36.9 Å².